The Morgan fingerprint density at radius 1 is 1.33 bits per heavy atom. The summed E-state index contributed by atoms with van der Waals surface area (Å²) in [5.41, 5.74) is 5.51. The molecule has 0 saturated heterocycles. The average molecular weight is 165 g/mol. The number of para-hydroxylation sites is 1. The number of benzene rings is 1. The van der Waals surface area contributed by atoms with E-state index in [2.05, 4.69) is 6.92 Å². The molecule has 0 radical (unpaired) electrons. The largest absolute Gasteiger partial charge is 0.489 e. The first-order valence-corrected chi connectivity index (χ1v) is 4.28. The first kappa shape index (κ1) is 9.07. The van der Waals surface area contributed by atoms with Gasteiger partial charge in [-0.15, -0.1) is 0 Å². The Bertz CT molecular complexity index is 206. The van der Waals surface area contributed by atoms with Gasteiger partial charge in [-0.25, -0.2) is 0 Å². The van der Waals surface area contributed by atoms with Crippen LogP contribution in [-0.2, 0) is 0 Å². The summed E-state index contributed by atoms with van der Waals surface area (Å²) < 4.78 is 5.59. The molecule has 1 aromatic rings. The summed E-state index contributed by atoms with van der Waals surface area (Å²) >= 11 is 0. The third-order valence-electron chi connectivity index (χ3n) is 1.76. The molecule has 0 spiro atoms. The summed E-state index contributed by atoms with van der Waals surface area (Å²) in [5, 5.41) is 0. The fourth-order valence-corrected chi connectivity index (χ4v) is 0.990. The van der Waals surface area contributed by atoms with Gasteiger partial charge in [-0.1, -0.05) is 25.1 Å². The van der Waals surface area contributed by atoms with Gasteiger partial charge in [0, 0.05) is 6.54 Å². The molecule has 0 aliphatic rings. The molecule has 0 aliphatic heterocycles. The van der Waals surface area contributed by atoms with Crippen LogP contribution in [0.25, 0.3) is 0 Å². The van der Waals surface area contributed by atoms with E-state index in [4.69, 9.17) is 10.5 Å². The van der Waals surface area contributed by atoms with Crippen molar-refractivity contribution in [3.8, 4) is 5.75 Å². The number of rotatable bonds is 4. The van der Waals surface area contributed by atoms with Gasteiger partial charge in [0.1, 0.15) is 11.9 Å². The molecule has 1 unspecified atom stereocenters. The Labute approximate surface area is 73.3 Å². The molecule has 0 fully saturated rings. The van der Waals surface area contributed by atoms with Crippen LogP contribution in [0.3, 0.4) is 0 Å². The molecule has 66 valence electrons. The second-order valence-electron chi connectivity index (χ2n) is 2.70. The van der Waals surface area contributed by atoms with Gasteiger partial charge >= 0.3 is 0 Å². The van der Waals surface area contributed by atoms with Crippen LogP contribution in [0.2, 0.25) is 0 Å². The van der Waals surface area contributed by atoms with Gasteiger partial charge in [0.15, 0.2) is 0 Å². The minimum atomic E-state index is 0.146. The van der Waals surface area contributed by atoms with Gasteiger partial charge in [-0.2, -0.15) is 0 Å². The van der Waals surface area contributed by atoms with Gasteiger partial charge in [0.05, 0.1) is 0 Å². The Morgan fingerprint density at radius 3 is 2.50 bits per heavy atom. The smallest absolute Gasteiger partial charge is 0.119 e. The van der Waals surface area contributed by atoms with Gasteiger partial charge in [0.25, 0.3) is 0 Å². The van der Waals surface area contributed by atoms with Crippen LogP contribution in [0.1, 0.15) is 13.3 Å². The molecule has 2 heteroatoms. The topological polar surface area (TPSA) is 35.2 Å². The second-order valence-corrected chi connectivity index (χ2v) is 2.70. The van der Waals surface area contributed by atoms with E-state index in [-0.39, 0.29) is 6.10 Å². The maximum Gasteiger partial charge on any atom is 0.119 e. The summed E-state index contributed by atoms with van der Waals surface area (Å²) in [7, 11) is 0. The fourth-order valence-electron chi connectivity index (χ4n) is 0.990. The first-order chi connectivity index (χ1) is 5.86. The molecule has 0 bridgehead atoms. The number of hydrogen-bond donors (Lipinski definition) is 1. The SMILES string of the molecule is CCC(CN)Oc1ccccc1. The van der Waals surface area contributed by atoms with Crippen molar-refractivity contribution in [1.82, 2.24) is 0 Å². The maximum atomic E-state index is 5.59. The highest BCUT2D eigenvalue weighted by Gasteiger charge is 2.03. The molecular weight excluding hydrogens is 150 g/mol. The molecule has 12 heavy (non-hydrogen) atoms. The zero-order chi connectivity index (χ0) is 8.81. The molecule has 0 amide bonds. The lowest BCUT2D eigenvalue weighted by Crippen LogP contribution is -2.25. The van der Waals surface area contributed by atoms with Crippen molar-refractivity contribution in [2.24, 2.45) is 5.73 Å². The number of ether oxygens (including phenoxy) is 1. The zero-order valence-corrected chi connectivity index (χ0v) is 7.36. The van der Waals surface area contributed by atoms with Crippen LogP contribution >= 0.6 is 0 Å². The Morgan fingerprint density at radius 2 is 2.00 bits per heavy atom. The van der Waals surface area contributed by atoms with Gasteiger partial charge < -0.3 is 10.5 Å². The van der Waals surface area contributed by atoms with Crippen LogP contribution in [0.5, 0.6) is 5.75 Å². The average Bonchev–Trinajstić information content (AvgIpc) is 2.16. The predicted octanol–water partition coefficient (Wildman–Crippen LogP) is 1.80. The molecular formula is C10H15NO. The number of nitrogens with two attached hydrogens (primary N) is 1. The van der Waals surface area contributed by atoms with Crippen LogP contribution in [-0.4, -0.2) is 12.6 Å². The predicted molar refractivity (Wildman–Crippen MR) is 50.2 cm³/mol. The molecule has 0 aliphatic carbocycles. The molecule has 1 atom stereocenters. The van der Waals surface area contributed by atoms with E-state index >= 15 is 0 Å². The van der Waals surface area contributed by atoms with Crippen LogP contribution in [0.15, 0.2) is 30.3 Å². The monoisotopic (exact) mass is 165 g/mol. The van der Waals surface area contributed by atoms with Crippen molar-refractivity contribution in [2.45, 2.75) is 19.4 Å². The maximum absolute atomic E-state index is 5.59. The minimum absolute atomic E-state index is 0.146. The minimum Gasteiger partial charge on any atom is -0.489 e. The summed E-state index contributed by atoms with van der Waals surface area (Å²) in [5.74, 6) is 0.898. The third kappa shape index (κ3) is 2.55. The summed E-state index contributed by atoms with van der Waals surface area (Å²) in [4.78, 5) is 0. The standard InChI is InChI=1S/C10H15NO/c1-2-9(8-11)12-10-6-4-3-5-7-10/h3-7,9H,2,8,11H2,1H3. The van der Waals surface area contributed by atoms with Crippen molar-refractivity contribution in [1.29, 1.82) is 0 Å². The summed E-state index contributed by atoms with van der Waals surface area (Å²) in [6, 6.07) is 9.77. The molecule has 2 N–H and O–H groups in total. The summed E-state index contributed by atoms with van der Waals surface area (Å²) in [6.45, 7) is 2.64. The lowest BCUT2D eigenvalue weighted by molar-refractivity contribution is 0.205. The normalized spacial score (nSPS) is 12.5. The lowest BCUT2D eigenvalue weighted by atomic mass is 10.3. The second kappa shape index (κ2) is 4.78. The molecule has 0 saturated carbocycles. The lowest BCUT2D eigenvalue weighted by Gasteiger charge is -2.14. The van der Waals surface area contributed by atoms with Crippen molar-refractivity contribution in [2.75, 3.05) is 6.54 Å². The van der Waals surface area contributed by atoms with E-state index in [1.54, 1.807) is 0 Å². The Hall–Kier alpha value is -1.02. The molecule has 0 aromatic heterocycles. The zero-order valence-electron chi connectivity index (χ0n) is 7.36. The molecule has 1 rings (SSSR count). The van der Waals surface area contributed by atoms with Gasteiger partial charge in [-0.3, -0.25) is 0 Å². The Kier molecular flexibility index (Phi) is 3.61. The highest BCUT2D eigenvalue weighted by atomic mass is 16.5. The quantitative estimate of drug-likeness (QED) is 0.738. The summed E-state index contributed by atoms with van der Waals surface area (Å²) in [6.07, 6.45) is 1.10. The fraction of sp³-hybridized carbons (Fsp3) is 0.400. The van der Waals surface area contributed by atoms with E-state index in [9.17, 15) is 0 Å². The Balaban J connectivity index is 2.51. The van der Waals surface area contributed by atoms with Gasteiger partial charge in [0.2, 0.25) is 0 Å². The highest BCUT2D eigenvalue weighted by Crippen LogP contribution is 2.11. The van der Waals surface area contributed by atoms with Crippen molar-refractivity contribution in [3.63, 3.8) is 0 Å². The van der Waals surface area contributed by atoms with Crippen LogP contribution < -0.4 is 10.5 Å². The van der Waals surface area contributed by atoms with Crippen LogP contribution in [0, 0.1) is 0 Å². The van der Waals surface area contributed by atoms with Gasteiger partial charge in [-0.05, 0) is 18.6 Å². The number of hydrogen-bond acceptors (Lipinski definition) is 2. The third-order valence-corrected chi connectivity index (χ3v) is 1.76. The van der Waals surface area contributed by atoms with Crippen molar-refractivity contribution < 1.29 is 4.74 Å². The van der Waals surface area contributed by atoms with Crippen molar-refractivity contribution >= 4 is 0 Å². The molecule has 1 aromatic carbocycles. The first-order valence-electron chi connectivity index (χ1n) is 4.28. The molecule has 0 heterocycles. The van der Waals surface area contributed by atoms with E-state index in [0.29, 0.717) is 6.54 Å². The highest BCUT2D eigenvalue weighted by molar-refractivity contribution is 5.21. The van der Waals surface area contributed by atoms with Crippen LogP contribution in [0.4, 0.5) is 0 Å². The van der Waals surface area contributed by atoms with E-state index < -0.39 is 0 Å². The van der Waals surface area contributed by atoms with E-state index in [1.807, 2.05) is 30.3 Å². The molecule has 2 nitrogen and oxygen atoms in total. The van der Waals surface area contributed by atoms with Crippen molar-refractivity contribution in [3.05, 3.63) is 30.3 Å². The van der Waals surface area contributed by atoms with E-state index in [1.165, 1.54) is 0 Å². The van der Waals surface area contributed by atoms with E-state index in [0.717, 1.165) is 12.2 Å².